The van der Waals surface area contributed by atoms with Crippen LogP contribution in [0.4, 0.5) is 0 Å². The molecule has 0 aliphatic carbocycles. The first-order chi connectivity index (χ1) is 10.1. The zero-order valence-electron chi connectivity index (χ0n) is 13.7. The fourth-order valence-corrected chi connectivity index (χ4v) is 3.17. The molecule has 0 saturated heterocycles. The van der Waals surface area contributed by atoms with Gasteiger partial charge < -0.3 is 4.57 Å². The van der Waals surface area contributed by atoms with Crippen molar-refractivity contribution in [3.8, 4) is 0 Å². The number of unbranched alkanes of at least 4 members (excludes halogenated alkanes) is 1. The Kier molecular flexibility index (Phi) is 5.68. The van der Waals surface area contributed by atoms with E-state index >= 15 is 0 Å². The van der Waals surface area contributed by atoms with Gasteiger partial charge in [-0.15, -0.1) is 11.6 Å². The Morgan fingerprint density at radius 2 is 1.95 bits per heavy atom. The van der Waals surface area contributed by atoms with Gasteiger partial charge in [0, 0.05) is 25.4 Å². The third-order valence-electron chi connectivity index (χ3n) is 4.03. The topological polar surface area (TPSA) is 35.6 Å². The molecule has 0 aliphatic rings. The minimum atomic E-state index is 0.443. The first-order valence-electron chi connectivity index (χ1n) is 8.12. The predicted molar refractivity (Wildman–Crippen MR) is 89.2 cm³/mol. The van der Waals surface area contributed by atoms with Crippen molar-refractivity contribution in [3.05, 3.63) is 11.5 Å². The van der Waals surface area contributed by atoms with Crippen molar-refractivity contribution in [1.29, 1.82) is 0 Å². The lowest BCUT2D eigenvalue weighted by atomic mass is 10.1. The summed E-state index contributed by atoms with van der Waals surface area (Å²) in [4.78, 5) is 4.87. The van der Waals surface area contributed by atoms with E-state index < -0.39 is 0 Å². The maximum absolute atomic E-state index is 5.98. The molecule has 2 aromatic heterocycles. The number of hydrogen-bond donors (Lipinski definition) is 0. The summed E-state index contributed by atoms with van der Waals surface area (Å²) in [7, 11) is 2.02. The smallest absolute Gasteiger partial charge is 0.158 e. The van der Waals surface area contributed by atoms with Crippen molar-refractivity contribution in [3.63, 3.8) is 0 Å². The Balaban J connectivity index is 2.50. The standard InChI is InChI=1S/C16H27ClN4/c1-5-7-9-12(3)21-14(10-11-17)18-15-13(8-6-2)19-20(4)16(15)21/h12H,5-11H2,1-4H3. The molecule has 5 heteroatoms. The highest BCUT2D eigenvalue weighted by Crippen LogP contribution is 2.27. The van der Waals surface area contributed by atoms with Crippen LogP contribution in [-0.2, 0) is 19.9 Å². The second-order valence-corrected chi connectivity index (χ2v) is 6.20. The molecule has 0 spiro atoms. The lowest BCUT2D eigenvalue weighted by Crippen LogP contribution is -2.12. The van der Waals surface area contributed by atoms with Gasteiger partial charge in [0.2, 0.25) is 0 Å². The molecule has 2 aromatic rings. The number of fused-ring (bicyclic) bond motifs is 1. The van der Waals surface area contributed by atoms with Crippen molar-refractivity contribution in [2.24, 2.45) is 7.05 Å². The van der Waals surface area contributed by atoms with E-state index in [-0.39, 0.29) is 0 Å². The molecule has 0 N–H and O–H groups in total. The second kappa shape index (κ2) is 7.30. The molecular weight excluding hydrogens is 284 g/mol. The van der Waals surface area contributed by atoms with Crippen LogP contribution in [0.2, 0.25) is 0 Å². The maximum atomic E-state index is 5.98. The molecule has 1 unspecified atom stereocenters. The van der Waals surface area contributed by atoms with E-state index in [1.54, 1.807) is 0 Å². The summed E-state index contributed by atoms with van der Waals surface area (Å²) >= 11 is 5.98. The summed E-state index contributed by atoms with van der Waals surface area (Å²) in [6.45, 7) is 6.70. The van der Waals surface area contributed by atoms with Gasteiger partial charge in [0.15, 0.2) is 5.65 Å². The third-order valence-corrected chi connectivity index (χ3v) is 4.22. The van der Waals surface area contributed by atoms with Gasteiger partial charge in [0.25, 0.3) is 0 Å². The number of aromatic nitrogens is 4. The van der Waals surface area contributed by atoms with Crippen molar-refractivity contribution in [1.82, 2.24) is 19.3 Å². The van der Waals surface area contributed by atoms with Crippen LogP contribution in [0.25, 0.3) is 11.2 Å². The Morgan fingerprint density at radius 3 is 2.57 bits per heavy atom. The van der Waals surface area contributed by atoms with Crippen LogP contribution in [0.1, 0.15) is 64.0 Å². The second-order valence-electron chi connectivity index (χ2n) is 5.82. The number of hydrogen-bond acceptors (Lipinski definition) is 2. The molecule has 4 nitrogen and oxygen atoms in total. The number of rotatable bonds is 8. The monoisotopic (exact) mass is 310 g/mol. The van der Waals surface area contributed by atoms with Crippen molar-refractivity contribution in [2.75, 3.05) is 5.88 Å². The summed E-state index contributed by atoms with van der Waals surface area (Å²) in [6.07, 6.45) is 6.53. The van der Waals surface area contributed by atoms with Crippen molar-refractivity contribution in [2.45, 2.75) is 65.3 Å². The molecule has 2 rings (SSSR count). The number of imidazole rings is 1. The normalized spacial score (nSPS) is 13.2. The average Bonchev–Trinajstić information content (AvgIpc) is 2.96. The van der Waals surface area contributed by atoms with Crippen LogP contribution in [0.3, 0.4) is 0 Å². The van der Waals surface area contributed by atoms with Gasteiger partial charge in [0.1, 0.15) is 11.3 Å². The number of halogens is 1. The van der Waals surface area contributed by atoms with E-state index in [1.807, 2.05) is 11.7 Å². The van der Waals surface area contributed by atoms with E-state index in [1.165, 1.54) is 19.3 Å². The lowest BCUT2D eigenvalue weighted by molar-refractivity contribution is 0.473. The zero-order valence-corrected chi connectivity index (χ0v) is 14.4. The molecule has 0 radical (unpaired) electrons. The van der Waals surface area contributed by atoms with E-state index in [0.717, 1.165) is 41.9 Å². The van der Waals surface area contributed by atoms with Gasteiger partial charge in [-0.3, -0.25) is 4.68 Å². The first-order valence-corrected chi connectivity index (χ1v) is 8.66. The van der Waals surface area contributed by atoms with Gasteiger partial charge >= 0.3 is 0 Å². The predicted octanol–water partition coefficient (Wildman–Crippen LogP) is 4.25. The third kappa shape index (κ3) is 3.25. The SMILES string of the molecule is CCCCC(C)n1c(CCCl)nc2c(CCC)nn(C)c21. The summed E-state index contributed by atoms with van der Waals surface area (Å²) in [5.41, 5.74) is 3.34. The molecule has 0 aliphatic heterocycles. The Morgan fingerprint density at radius 1 is 1.19 bits per heavy atom. The largest absolute Gasteiger partial charge is 0.310 e. The fraction of sp³-hybridized carbons (Fsp3) is 0.750. The van der Waals surface area contributed by atoms with Crippen LogP contribution >= 0.6 is 11.6 Å². The molecule has 0 saturated carbocycles. The Labute approximate surface area is 132 Å². The molecule has 118 valence electrons. The highest BCUT2D eigenvalue weighted by molar-refractivity contribution is 6.17. The van der Waals surface area contributed by atoms with Crippen LogP contribution < -0.4 is 0 Å². The molecule has 21 heavy (non-hydrogen) atoms. The van der Waals surface area contributed by atoms with Crippen LogP contribution in [0, 0.1) is 0 Å². The summed E-state index contributed by atoms with van der Waals surface area (Å²) in [6, 6.07) is 0.443. The van der Waals surface area contributed by atoms with Gasteiger partial charge in [0.05, 0.1) is 5.69 Å². The lowest BCUT2D eigenvalue weighted by Gasteiger charge is -2.17. The quantitative estimate of drug-likeness (QED) is 0.683. The zero-order chi connectivity index (χ0) is 15.4. The van der Waals surface area contributed by atoms with E-state index in [2.05, 4.69) is 30.4 Å². The molecule has 1 atom stereocenters. The molecule has 0 amide bonds. The summed E-state index contributed by atoms with van der Waals surface area (Å²) in [5.74, 6) is 1.72. The van der Waals surface area contributed by atoms with Crippen LogP contribution in [0.15, 0.2) is 0 Å². The number of nitrogens with zero attached hydrogens (tertiary/aromatic N) is 4. The minimum absolute atomic E-state index is 0.443. The summed E-state index contributed by atoms with van der Waals surface area (Å²) < 4.78 is 4.35. The molecular formula is C16H27ClN4. The van der Waals surface area contributed by atoms with E-state index in [9.17, 15) is 0 Å². The summed E-state index contributed by atoms with van der Waals surface area (Å²) in [5, 5.41) is 4.66. The molecule has 0 aromatic carbocycles. The van der Waals surface area contributed by atoms with Crippen LogP contribution in [0.5, 0.6) is 0 Å². The Bertz CT molecular complexity index is 585. The van der Waals surface area contributed by atoms with Gasteiger partial charge in [-0.2, -0.15) is 5.10 Å². The van der Waals surface area contributed by atoms with Gasteiger partial charge in [-0.1, -0.05) is 33.1 Å². The Hall–Kier alpha value is -1.03. The van der Waals surface area contributed by atoms with Crippen LogP contribution in [-0.4, -0.2) is 25.2 Å². The van der Waals surface area contributed by atoms with Gasteiger partial charge in [-0.05, 0) is 19.8 Å². The van der Waals surface area contributed by atoms with E-state index in [4.69, 9.17) is 16.6 Å². The fourth-order valence-electron chi connectivity index (χ4n) is 3.01. The highest BCUT2D eigenvalue weighted by Gasteiger charge is 2.21. The first kappa shape index (κ1) is 16.3. The minimum Gasteiger partial charge on any atom is -0.310 e. The molecule has 2 heterocycles. The number of alkyl halides is 1. The maximum Gasteiger partial charge on any atom is 0.158 e. The number of aryl methyl sites for hydroxylation is 3. The molecule has 0 bridgehead atoms. The van der Waals surface area contributed by atoms with Crippen molar-refractivity contribution < 1.29 is 0 Å². The van der Waals surface area contributed by atoms with Crippen molar-refractivity contribution >= 4 is 22.8 Å². The van der Waals surface area contributed by atoms with E-state index in [0.29, 0.717) is 11.9 Å². The molecule has 0 fully saturated rings. The van der Waals surface area contributed by atoms with Gasteiger partial charge in [-0.25, -0.2) is 4.98 Å². The average molecular weight is 311 g/mol. The highest BCUT2D eigenvalue weighted by atomic mass is 35.5.